The van der Waals surface area contributed by atoms with Gasteiger partial charge in [0.2, 0.25) is 0 Å². The van der Waals surface area contributed by atoms with Crippen molar-refractivity contribution in [2.45, 2.75) is 19.3 Å². The number of pyridine rings is 1. The van der Waals surface area contributed by atoms with E-state index in [4.69, 9.17) is 0 Å². The van der Waals surface area contributed by atoms with E-state index in [0.29, 0.717) is 5.56 Å². The van der Waals surface area contributed by atoms with Crippen molar-refractivity contribution in [3.8, 4) is 5.82 Å². The maximum Gasteiger partial charge on any atom is 0.255 e. The monoisotopic (exact) mass is 307 g/mol. The molecule has 116 valence electrons. The number of piperidine rings is 1. The van der Waals surface area contributed by atoms with Crippen LogP contribution in [0.5, 0.6) is 0 Å². The first-order chi connectivity index (χ1) is 11.3. The van der Waals surface area contributed by atoms with E-state index >= 15 is 0 Å². The molecular formula is C17H17N5O. The molecule has 4 rings (SSSR count). The van der Waals surface area contributed by atoms with E-state index in [0.717, 1.165) is 42.8 Å². The first-order valence-electron chi connectivity index (χ1n) is 7.86. The van der Waals surface area contributed by atoms with Gasteiger partial charge in [0, 0.05) is 37.1 Å². The third-order valence-corrected chi connectivity index (χ3v) is 4.23. The molecule has 0 radical (unpaired) electrons. The van der Waals surface area contributed by atoms with Gasteiger partial charge in [-0.25, -0.2) is 15.0 Å². The Labute approximate surface area is 133 Å². The number of amides is 1. The highest BCUT2D eigenvalue weighted by atomic mass is 16.2. The second kappa shape index (κ2) is 5.79. The van der Waals surface area contributed by atoms with Crippen LogP contribution in [0.25, 0.3) is 16.9 Å². The molecule has 0 aromatic carbocycles. The zero-order valence-corrected chi connectivity index (χ0v) is 12.7. The van der Waals surface area contributed by atoms with Gasteiger partial charge in [-0.15, -0.1) is 0 Å². The molecule has 6 nitrogen and oxygen atoms in total. The fraction of sp³-hybridized carbons (Fsp3) is 0.294. The average Bonchev–Trinajstić information content (AvgIpc) is 3.06. The van der Waals surface area contributed by atoms with Gasteiger partial charge in [0.15, 0.2) is 0 Å². The molecule has 0 spiro atoms. The summed E-state index contributed by atoms with van der Waals surface area (Å²) in [6.07, 6.45) is 10.2. The zero-order chi connectivity index (χ0) is 15.6. The highest BCUT2D eigenvalue weighted by Crippen LogP contribution is 2.20. The smallest absolute Gasteiger partial charge is 0.255 e. The molecule has 0 N–H and O–H groups in total. The molecule has 3 aromatic heterocycles. The molecule has 1 fully saturated rings. The van der Waals surface area contributed by atoms with Gasteiger partial charge >= 0.3 is 0 Å². The SMILES string of the molecule is O=C(c1cnc2c(ccn2-c2ccncn2)c1)N1CCCCC1. The highest BCUT2D eigenvalue weighted by Gasteiger charge is 2.19. The van der Waals surface area contributed by atoms with Gasteiger partial charge in [-0.2, -0.15) is 0 Å². The lowest BCUT2D eigenvalue weighted by Crippen LogP contribution is -2.35. The van der Waals surface area contributed by atoms with Gasteiger partial charge in [0.25, 0.3) is 5.91 Å². The van der Waals surface area contributed by atoms with Crippen molar-refractivity contribution in [3.63, 3.8) is 0 Å². The summed E-state index contributed by atoms with van der Waals surface area (Å²) in [5.74, 6) is 0.839. The van der Waals surface area contributed by atoms with Crippen molar-refractivity contribution >= 4 is 16.9 Å². The molecule has 1 amide bonds. The Bertz CT molecular complexity index is 837. The number of nitrogens with zero attached hydrogens (tertiary/aromatic N) is 5. The summed E-state index contributed by atoms with van der Waals surface area (Å²) in [6.45, 7) is 1.69. The highest BCUT2D eigenvalue weighted by molar-refractivity contribution is 5.97. The first-order valence-corrected chi connectivity index (χ1v) is 7.86. The molecule has 0 aliphatic carbocycles. The van der Waals surface area contributed by atoms with Crippen molar-refractivity contribution in [2.24, 2.45) is 0 Å². The van der Waals surface area contributed by atoms with Crippen molar-refractivity contribution in [2.75, 3.05) is 13.1 Å². The quantitative estimate of drug-likeness (QED) is 0.729. The molecule has 0 bridgehead atoms. The molecular weight excluding hydrogens is 290 g/mol. The molecule has 6 heteroatoms. The predicted molar refractivity (Wildman–Crippen MR) is 86.4 cm³/mol. The predicted octanol–water partition coefficient (Wildman–Crippen LogP) is 2.44. The third kappa shape index (κ3) is 2.56. The van der Waals surface area contributed by atoms with Crippen molar-refractivity contribution in [1.82, 2.24) is 24.4 Å². The fourth-order valence-corrected chi connectivity index (χ4v) is 3.03. The summed E-state index contributed by atoms with van der Waals surface area (Å²) in [6, 6.07) is 5.70. The fourth-order valence-electron chi connectivity index (χ4n) is 3.03. The number of hydrogen-bond acceptors (Lipinski definition) is 4. The number of carbonyl (C=O) groups excluding carboxylic acids is 1. The van der Waals surface area contributed by atoms with Crippen molar-refractivity contribution in [1.29, 1.82) is 0 Å². The largest absolute Gasteiger partial charge is 0.339 e. The van der Waals surface area contributed by atoms with E-state index in [1.54, 1.807) is 12.4 Å². The van der Waals surface area contributed by atoms with Crippen molar-refractivity contribution in [3.05, 3.63) is 48.7 Å². The Morgan fingerprint density at radius 2 is 1.96 bits per heavy atom. The normalized spacial score (nSPS) is 15.0. The standard InChI is InChI=1S/C17H17N5O/c23-17(21-7-2-1-3-8-21)14-10-13-5-9-22(16(13)19-11-14)15-4-6-18-12-20-15/h4-6,9-12H,1-3,7-8H2. The number of fused-ring (bicyclic) bond motifs is 1. The lowest BCUT2D eigenvalue weighted by atomic mass is 10.1. The van der Waals surface area contributed by atoms with E-state index in [9.17, 15) is 4.79 Å². The summed E-state index contributed by atoms with van der Waals surface area (Å²) in [5.41, 5.74) is 1.44. The van der Waals surface area contributed by atoms with Gasteiger partial charge in [-0.1, -0.05) is 0 Å². The summed E-state index contributed by atoms with van der Waals surface area (Å²) in [4.78, 5) is 27.2. The Balaban J connectivity index is 1.68. The lowest BCUT2D eigenvalue weighted by molar-refractivity contribution is 0.0724. The van der Waals surface area contributed by atoms with Gasteiger partial charge in [0.05, 0.1) is 5.56 Å². The Hall–Kier alpha value is -2.76. The van der Waals surface area contributed by atoms with Gasteiger partial charge in [-0.05, 0) is 37.5 Å². The van der Waals surface area contributed by atoms with Crippen LogP contribution in [0.2, 0.25) is 0 Å². The number of carbonyl (C=O) groups is 1. The van der Waals surface area contributed by atoms with Crippen molar-refractivity contribution < 1.29 is 4.79 Å². The second-order valence-electron chi connectivity index (χ2n) is 5.74. The van der Waals surface area contributed by atoms with Crippen LogP contribution in [0.15, 0.2) is 43.1 Å². The molecule has 4 heterocycles. The van der Waals surface area contributed by atoms with Crippen LogP contribution in [-0.4, -0.2) is 43.4 Å². The minimum Gasteiger partial charge on any atom is -0.339 e. The van der Waals surface area contributed by atoms with Gasteiger partial charge in [0.1, 0.15) is 17.8 Å². The Morgan fingerprint density at radius 3 is 2.74 bits per heavy atom. The van der Waals surface area contributed by atoms with Crippen LogP contribution in [0.4, 0.5) is 0 Å². The zero-order valence-electron chi connectivity index (χ0n) is 12.7. The maximum absolute atomic E-state index is 12.6. The number of likely N-dealkylation sites (tertiary alicyclic amines) is 1. The lowest BCUT2D eigenvalue weighted by Gasteiger charge is -2.26. The first kappa shape index (κ1) is 13.9. The van der Waals surface area contributed by atoms with E-state index in [2.05, 4.69) is 15.0 Å². The second-order valence-corrected chi connectivity index (χ2v) is 5.74. The molecule has 0 saturated carbocycles. The summed E-state index contributed by atoms with van der Waals surface area (Å²) < 4.78 is 1.90. The van der Waals surface area contributed by atoms with Crippen LogP contribution >= 0.6 is 0 Å². The Kier molecular flexibility index (Phi) is 3.49. The minimum absolute atomic E-state index is 0.0777. The van der Waals surface area contributed by atoms with Gasteiger partial charge < -0.3 is 4.90 Å². The summed E-state index contributed by atoms with van der Waals surface area (Å²) >= 11 is 0. The van der Waals surface area contributed by atoms with E-state index in [-0.39, 0.29) is 5.91 Å². The number of rotatable bonds is 2. The molecule has 3 aromatic rings. The van der Waals surface area contributed by atoms with Crippen LogP contribution in [0, 0.1) is 0 Å². The van der Waals surface area contributed by atoms with E-state index in [1.165, 1.54) is 12.7 Å². The number of aromatic nitrogens is 4. The maximum atomic E-state index is 12.6. The molecule has 1 saturated heterocycles. The topological polar surface area (TPSA) is 63.9 Å². The van der Waals surface area contributed by atoms with Crippen LogP contribution in [0.1, 0.15) is 29.6 Å². The summed E-state index contributed by atoms with van der Waals surface area (Å²) in [7, 11) is 0. The molecule has 0 unspecified atom stereocenters. The van der Waals surface area contributed by atoms with E-state index < -0.39 is 0 Å². The summed E-state index contributed by atoms with van der Waals surface area (Å²) in [5, 5.41) is 0.937. The van der Waals surface area contributed by atoms with Crippen LogP contribution in [0.3, 0.4) is 0 Å². The van der Waals surface area contributed by atoms with E-state index in [1.807, 2.05) is 33.9 Å². The average molecular weight is 307 g/mol. The third-order valence-electron chi connectivity index (χ3n) is 4.23. The van der Waals surface area contributed by atoms with Gasteiger partial charge in [-0.3, -0.25) is 9.36 Å². The molecule has 1 aliphatic heterocycles. The Morgan fingerprint density at radius 1 is 1.09 bits per heavy atom. The van der Waals surface area contributed by atoms with Crippen LogP contribution < -0.4 is 0 Å². The minimum atomic E-state index is 0.0777. The molecule has 23 heavy (non-hydrogen) atoms. The number of hydrogen-bond donors (Lipinski definition) is 0. The van der Waals surface area contributed by atoms with Crippen LogP contribution in [-0.2, 0) is 0 Å². The molecule has 0 atom stereocenters. The molecule has 1 aliphatic rings.